The van der Waals surface area contributed by atoms with Crippen molar-refractivity contribution in [2.24, 2.45) is 11.8 Å². The van der Waals surface area contributed by atoms with Crippen molar-refractivity contribution < 1.29 is 19.8 Å². The Morgan fingerprint density at radius 1 is 1.46 bits per heavy atom. The van der Waals surface area contributed by atoms with Gasteiger partial charge in [-0.2, -0.15) is 0 Å². The third kappa shape index (κ3) is 7.33. The summed E-state index contributed by atoms with van der Waals surface area (Å²) >= 11 is 2.85. The van der Waals surface area contributed by atoms with E-state index in [0.717, 1.165) is 48.6 Å². The summed E-state index contributed by atoms with van der Waals surface area (Å²) < 4.78 is 0.734. The molecule has 2 rings (SSSR count). The summed E-state index contributed by atoms with van der Waals surface area (Å²) in [5.41, 5.74) is -0.594. The first-order valence-electron chi connectivity index (χ1n) is 10.1. The number of hydrogen-bond donors (Lipinski definition) is 2. The predicted molar refractivity (Wildman–Crippen MR) is 114 cm³/mol. The number of allylic oxidation sites excluding steroid dienone is 1. The average molecular weight is 426 g/mol. The summed E-state index contributed by atoms with van der Waals surface area (Å²) in [6.45, 7) is 4.05. The molecule has 1 aromatic rings. The monoisotopic (exact) mass is 425 g/mol. The van der Waals surface area contributed by atoms with Crippen LogP contribution in [0.15, 0.2) is 21.9 Å². The van der Waals surface area contributed by atoms with Crippen molar-refractivity contribution in [2.45, 2.75) is 75.2 Å². The zero-order chi connectivity index (χ0) is 20.6. The first-order chi connectivity index (χ1) is 13.3. The van der Waals surface area contributed by atoms with E-state index in [4.69, 9.17) is 5.11 Å². The molecule has 1 saturated carbocycles. The van der Waals surface area contributed by atoms with Crippen molar-refractivity contribution in [1.82, 2.24) is 4.98 Å². The predicted octanol–water partition coefficient (Wildman–Crippen LogP) is 5.20. The molecule has 0 aliphatic heterocycles. The van der Waals surface area contributed by atoms with Crippen molar-refractivity contribution in [3.63, 3.8) is 0 Å². The molecule has 1 heterocycles. The van der Waals surface area contributed by atoms with Gasteiger partial charge in [0.25, 0.3) is 0 Å². The van der Waals surface area contributed by atoms with Gasteiger partial charge in [-0.1, -0.05) is 50.1 Å². The van der Waals surface area contributed by atoms with Gasteiger partial charge in [-0.25, -0.2) is 9.78 Å². The van der Waals surface area contributed by atoms with Crippen LogP contribution in [-0.2, 0) is 4.79 Å². The molecular weight excluding hydrogens is 394 g/mol. The van der Waals surface area contributed by atoms with Gasteiger partial charge < -0.3 is 10.2 Å². The van der Waals surface area contributed by atoms with E-state index < -0.39 is 11.6 Å². The summed E-state index contributed by atoms with van der Waals surface area (Å²) in [5.74, 6) is 0.320. The Hall–Kier alpha value is -1.18. The number of ketones is 1. The zero-order valence-electron chi connectivity index (χ0n) is 16.7. The van der Waals surface area contributed by atoms with Gasteiger partial charge in [0.2, 0.25) is 0 Å². The Kier molecular flexibility index (Phi) is 9.18. The maximum atomic E-state index is 12.3. The van der Waals surface area contributed by atoms with Gasteiger partial charge in [0.1, 0.15) is 5.78 Å². The lowest BCUT2D eigenvalue weighted by molar-refractivity contribution is -0.121. The number of aromatic carboxylic acids is 1. The highest BCUT2D eigenvalue weighted by Gasteiger charge is 2.32. The Balaban J connectivity index is 1.80. The number of Topliss-reactive ketones (excluding diaryl/α,β-unsaturated/α-hetero) is 1. The Morgan fingerprint density at radius 2 is 2.25 bits per heavy atom. The highest BCUT2D eigenvalue weighted by Crippen LogP contribution is 2.35. The number of carboxylic acid groups (broad SMARTS) is 1. The van der Waals surface area contributed by atoms with E-state index in [0.29, 0.717) is 18.6 Å². The molecule has 1 fully saturated rings. The van der Waals surface area contributed by atoms with Crippen molar-refractivity contribution in [3.05, 3.63) is 23.2 Å². The highest BCUT2D eigenvalue weighted by atomic mass is 32.2. The summed E-state index contributed by atoms with van der Waals surface area (Å²) in [7, 11) is 0. The molecule has 5 nitrogen and oxygen atoms in total. The summed E-state index contributed by atoms with van der Waals surface area (Å²) in [6, 6.07) is 0. The van der Waals surface area contributed by atoms with Gasteiger partial charge >= 0.3 is 5.97 Å². The first kappa shape index (κ1) is 23.1. The fourth-order valence-corrected chi connectivity index (χ4v) is 5.48. The van der Waals surface area contributed by atoms with Crippen molar-refractivity contribution in [3.8, 4) is 0 Å². The SMILES string of the molecule is CCCCCC(C)(O)CC=CC1CCC(=O)C1CCSc1nc(C(=O)O)cs1. The smallest absolute Gasteiger partial charge is 0.355 e. The largest absolute Gasteiger partial charge is 0.476 e. The molecule has 0 saturated heterocycles. The molecule has 28 heavy (non-hydrogen) atoms. The molecule has 0 spiro atoms. The van der Waals surface area contributed by atoms with Crippen LogP contribution in [0.2, 0.25) is 0 Å². The molecule has 1 aliphatic carbocycles. The molecule has 0 aromatic carbocycles. The van der Waals surface area contributed by atoms with E-state index in [1.165, 1.54) is 23.1 Å². The van der Waals surface area contributed by atoms with Crippen LogP contribution in [0.25, 0.3) is 0 Å². The number of thiazole rings is 1. The van der Waals surface area contributed by atoms with Crippen LogP contribution >= 0.6 is 23.1 Å². The van der Waals surface area contributed by atoms with Gasteiger partial charge in [0.05, 0.1) is 5.60 Å². The minimum Gasteiger partial charge on any atom is -0.476 e. The topological polar surface area (TPSA) is 87.5 Å². The van der Waals surface area contributed by atoms with Crippen LogP contribution in [0.4, 0.5) is 0 Å². The van der Waals surface area contributed by atoms with E-state index in [-0.39, 0.29) is 17.5 Å². The van der Waals surface area contributed by atoms with Crippen LogP contribution in [-0.4, -0.2) is 38.3 Å². The molecule has 1 aliphatic rings. The lowest BCUT2D eigenvalue weighted by Crippen LogP contribution is -2.23. The number of thioether (sulfide) groups is 1. The third-order valence-electron chi connectivity index (χ3n) is 5.27. The van der Waals surface area contributed by atoms with Gasteiger partial charge in [0.15, 0.2) is 10.0 Å². The number of carboxylic acids is 1. The van der Waals surface area contributed by atoms with Gasteiger partial charge in [0, 0.05) is 23.5 Å². The Bertz CT molecular complexity index is 684. The summed E-state index contributed by atoms with van der Waals surface area (Å²) in [6.07, 6.45) is 11.2. The second-order valence-electron chi connectivity index (χ2n) is 7.80. The van der Waals surface area contributed by atoms with Crippen molar-refractivity contribution in [2.75, 3.05) is 5.75 Å². The first-order valence-corrected chi connectivity index (χ1v) is 11.9. The standard InChI is InChI=1S/C21H31NO4S2/c1-3-4-5-11-21(2,26)12-6-7-15-8-9-18(23)16(15)10-13-27-20-22-17(14-28-20)19(24)25/h6-7,14-16,26H,3-5,8-13H2,1-2H3,(H,24,25). The third-order valence-corrected chi connectivity index (χ3v) is 7.33. The van der Waals surface area contributed by atoms with E-state index in [9.17, 15) is 14.7 Å². The van der Waals surface area contributed by atoms with E-state index in [1.807, 2.05) is 6.92 Å². The molecule has 0 radical (unpaired) electrons. The number of aromatic nitrogens is 1. The molecule has 1 aromatic heterocycles. The Labute approximate surface area is 175 Å². The molecule has 3 atom stereocenters. The number of unbranched alkanes of at least 4 members (excludes halogenated alkanes) is 2. The summed E-state index contributed by atoms with van der Waals surface area (Å²) in [4.78, 5) is 27.2. The molecular formula is C21H31NO4S2. The van der Waals surface area contributed by atoms with E-state index in [1.54, 1.807) is 5.38 Å². The molecule has 3 unspecified atom stereocenters. The number of hydrogen-bond acceptors (Lipinski definition) is 6. The van der Waals surface area contributed by atoms with Gasteiger partial charge in [-0.15, -0.1) is 11.3 Å². The van der Waals surface area contributed by atoms with Gasteiger partial charge in [-0.05, 0) is 38.5 Å². The quantitative estimate of drug-likeness (QED) is 0.272. The van der Waals surface area contributed by atoms with Crippen LogP contribution in [0.1, 0.15) is 75.7 Å². The van der Waals surface area contributed by atoms with Crippen LogP contribution in [0.3, 0.4) is 0 Å². The molecule has 7 heteroatoms. The minimum absolute atomic E-state index is 0.0210. The number of carbonyl (C=O) groups is 2. The number of rotatable bonds is 12. The normalized spacial score (nSPS) is 22.0. The van der Waals surface area contributed by atoms with E-state index >= 15 is 0 Å². The minimum atomic E-state index is -1.01. The maximum Gasteiger partial charge on any atom is 0.355 e. The second-order valence-corrected chi connectivity index (χ2v) is 10.0. The molecule has 0 bridgehead atoms. The summed E-state index contributed by atoms with van der Waals surface area (Å²) in [5, 5.41) is 20.9. The second kappa shape index (κ2) is 11.1. The maximum absolute atomic E-state index is 12.3. The van der Waals surface area contributed by atoms with Gasteiger partial charge in [-0.3, -0.25) is 4.79 Å². The highest BCUT2D eigenvalue weighted by molar-refractivity contribution is 8.01. The number of aliphatic hydroxyl groups is 1. The fraction of sp³-hybridized carbons (Fsp3) is 0.667. The molecule has 0 amide bonds. The van der Waals surface area contributed by atoms with Crippen molar-refractivity contribution in [1.29, 1.82) is 0 Å². The van der Waals surface area contributed by atoms with Crippen LogP contribution < -0.4 is 0 Å². The number of nitrogens with zero attached hydrogens (tertiary/aromatic N) is 1. The van der Waals surface area contributed by atoms with E-state index in [2.05, 4.69) is 24.1 Å². The Morgan fingerprint density at radius 3 is 2.93 bits per heavy atom. The fourth-order valence-electron chi connectivity index (χ4n) is 3.59. The zero-order valence-corrected chi connectivity index (χ0v) is 18.4. The van der Waals surface area contributed by atoms with Crippen molar-refractivity contribution >= 4 is 34.9 Å². The average Bonchev–Trinajstić information content (AvgIpc) is 3.23. The lowest BCUT2D eigenvalue weighted by atomic mass is 9.90. The number of carbonyl (C=O) groups excluding carboxylic acids is 1. The van der Waals surface area contributed by atoms with Crippen LogP contribution in [0.5, 0.6) is 0 Å². The lowest BCUT2D eigenvalue weighted by Gasteiger charge is -2.22. The van der Waals surface area contributed by atoms with Crippen LogP contribution in [0, 0.1) is 11.8 Å². The molecule has 2 N–H and O–H groups in total. The molecule has 156 valence electrons.